The largest absolute Gasteiger partial charge is 0.479 e. The number of aryl methyl sites for hydroxylation is 1. The van der Waals surface area contributed by atoms with Crippen LogP contribution in [0.2, 0.25) is 0 Å². The van der Waals surface area contributed by atoms with Gasteiger partial charge in [0.15, 0.2) is 0 Å². The zero-order valence-corrected chi connectivity index (χ0v) is 15.5. The smallest absolute Gasteiger partial charge is 0.330 e. The molecule has 1 aliphatic rings. The molecule has 0 aliphatic heterocycles. The van der Waals surface area contributed by atoms with E-state index in [-0.39, 0.29) is 12.5 Å². The lowest BCUT2D eigenvalue weighted by molar-refractivity contribution is -0.190. The number of hydrogen-bond acceptors (Lipinski definition) is 4. The maximum atomic E-state index is 13.0. The lowest BCUT2D eigenvalue weighted by atomic mass is 9.54. The van der Waals surface area contributed by atoms with Crippen LogP contribution < -0.4 is 5.32 Å². The van der Waals surface area contributed by atoms with Gasteiger partial charge in [-0.05, 0) is 26.0 Å². The monoisotopic (exact) mass is 356 g/mol. The maximum Gasteiger partial charge on any atom is 0.330 e. The van der Waals surface area contributed by atoms with Crippen LogP contribution in [0.15, 0.2) is 30.3 Å². The van der Waals surface area contributed by atoms with Crippen molar-refractivity contribution < 1.29 is 19.4 Å². The predicted molar refractivity (Wildman–Crippen MR) is 98.1 cm³/mol. The third kappa shape index (κ3) is 2.65. The molecule has 1 fully saturated rings. The van der Waals surface area contributed by atoms with Crippen LogP contribution in [0.1, 0.15) is 43.2 Å². The summed E-state index contributed by atoms with van der Waals surface area (Å²) in [5.74, 6) is -1.45. The Hall–Kier alpha value is -2.47. The van der Waals surface area contributed by atoms with Crippen molar-refractivity contribution in [3.63, 3.8) is 0 Å². The van der Waals surface area contributed by atoms with Gasteiger partial charge in [-0.3, -0.25) is 9.78 Å². The van der Waals surface area contributed by atoms with Crippen molar-refractivity contribution in [1.82, 2.24) is 10.3 Å². The summed E-state index contributed by atoms with van der Waals surface area (Å²) in [6.07, 6.45) is 0.0384. The highest BCUT2D eigenvalue weighted by Crippen LogP contribution is 2.51. The van der Waals surface area contributed by atoms with Gasteiger partial charge in [0.2, 0.25) is 0 Å². The van der Waals surface area contributed by atoms with Gasteiger partial charge in [0.25, 0.3) is 5.91 Å². The second-order valence-electron chi connectivity index (χ2n) is 7.36. The number of aromatic nitrogens is 1. The summed E-state index contributed by atoms with van der Waals surface area (Å²) < 4.78 is 5.65. The highest BCUT2D eigenvalue weighted by molar-refractivity contribution is 6.08. The minimum absolute atomic E-state index is 0.208. The number of amides is 1. The lowest BCUT2D eigenvalue weighted by Crippen LogP contribution is -2.76. The van der Waals surface area contributed by atoms with E-state index in [1.165, 1.54) is 0 Å². The van der Waals surface area contributed by atoms with Gasteiger partial charge in [-0.1, -0.05) is 32.0 Å². The summed E-state index contributed by atoms with van der Waals surface area (Å²) >= 11 is 0. The molecule has 0 saturated heterocycles. The van der Waals surface area contributed by atoms with E-state index >= 15 is 0 Å². The second kappa shape index (κ2) is 6.36. The first-order valence-corrected chi connectivity index (χ1v) is 8.77. The number of carboxylic acid groups (broad SMARTS) is 1. The van der Waals surface area contributed by atoms with Crippen LogP contribution in [0.4, 0.5) is 0 Å². The topological polar surface area (TPSA) is 88.5 Å². The van der Waals surface area contributed by atoms with Gasteiger partial charge in [-0.15, -0.1) is 0 Å². The highest BCUT2D eigenvalue weighted by atomic mass is 16.5. The summed E-state index contributed by atoms with van der Waals surface area (Å²) in [4.78, 5) is 29.5. The average molecular weight is 356 g/mol. The zero-order chi connectivity index (χ0) is 19.1. The van der Waals surface area contributed by atoms with Gasteiger partial charge in [-0.2, -0.15) is 0 Å². The molecule has 1 saturated carbocycles. The molecular weight excluding hydrogens is 332 g/mol. The number of carbonyl (C=O) groups is 2. The first-order chi connectivity index (χ1) is 12.2. The summed E-state index contributed by atoms with van der Waals surface area (Å²) in [6.45, 7) is 7.84. The molecule has 1 aromatic heterocycles. The van der Waals surface area contributed by atoms with Crippen LogP contribution in [-0.2, 0) is 9.53 Å². The minimum atomic E-state index is -1.36. The molecule has 3 rings (SSSR count). The summed E-state index contributed by atoms with van der Waals surface area (Å²) in [5, 5.41) is 13.4. The quantitative estimate of drug-likeness (QED) is 0.860. The molecular formula is C20H24N2O4. The fraction of sp³-hybridized carbons (Fsp3) is 0.450. The molecule has 1 aliphatic carbocycles. The van der Waals surface area contributed by atoms with Crippen molar-refractivity contribution in [2.24, 2.45) is 5.41 Å². The molecule has 1 aromatic carbocycles. The van der Waals surface area contributed by atoms with Gasteiger partial charge in [-0.25, -0.2) is 4.79 Å². The van der Waals surface area contributed by atoms with Gasteiger partial charge in [0.1, 0.15) is 5.54 Å². The Bertz CT molecular complexity index is 877. The molecule has 26 heavy (non-hydrogen) atoms. The summed E-state index contributed by atoms with van der Waals surface area (Å²) in [5.41, 5.74) is -0.227. The number of rotatable bonds is 5. The molecule has 138 valence electrons. The summed E-state index contributed by atoms with van der Waals surface area (Å²) in [7, 11) is 0. The van der Waals surface area contributed by atoms with E-state index < -0.39 is 22.8 Å². The van der Waals surface area contributed by atoms with Crippen LogP contribution in [0.3, 0.4) is 0 Å². The minimum Gasteiger partial charge on any atom is -0.479 e. The number of benzene rings is 1. The Morgan fingerprint density at radius 2 is 2.04 bits per heavy atom. The van der Waals surface area contributed by atoms with E-state index in [4.69, 9.17) is 4.74 Å². The van der Waals surface area contributed by atoms with Crippen LogP contribution in [0, 0.1) is 12.3 Å². The molecule has 0 bridgehead atoms. The molecule has 0 radical (unpaired) electrons. The molecule has 2 aromatic rings. The second-order valence-corrected chi connectivity index (χ2v) is 7.36. The Morgan fingerprint density at radius 3 is 2.65 bits per heavy atom. The predicted octanol–water partition coefficient (Wildman–Crippen LogP) is 2.93. The van der Waals surface area contributed by atoms with E-state index in [2.05, 4.69) is 10.3 Å². The van der Waals surface area contributed by atoms with Crippen LogP contribution >= 0.6 is 0 Å². The van der Waals surface area contributed by atoms with Crippen molar-refractivity contribution in [1.29, 1.82) is 0 Å². The van der Waals surface area contributed by atoms with Gasteiger partial charge in [0, 0.05) is 29.5 Å². The van der Waals surface area contributed by atoms with Crippen molar-refractivity contribution in [2.45, 2.75) is 45.8 Å². The fourth-order valence-electron chi connectivity index (χ4n) is 3.79. The number of nitrogens with zero attached hydrogens (tertiary/aromatic N) is 1. The van der Waals surface area contributed by atoms with E-state index in [1.54, 1.807) is 6.07 Å². The van der Waals surface area contributed by atoms with Gasteiger partial charge in [0.05, 0.1) is 17.2 Å². The van der Waals surface area contributed by atoms with Crippen molar-refractivity contribution >= 4 is 22.8 Å². The Labute approximate surface area is 152 Å². The lowest BCUT2D eigenvalue weighted by Gasteiger charge is -2.58. The molecule has 1 heterocycles. The van der Waals surface area contributed by atoms with Crippen LogP contribution in [-0.4, -0.2) is 40.2 Å². The molecule has 2 atom stereocenters. The average Bonchev–Trinajstić information content (AvgIpc) is 2.59. The zero-order valence-electron chi connectivity index (χ0n) is 15.5. The number of aliphatic carboxylic acids is 1. The standard InChI is InChI=1S/C20H24N2O4/c1-5-26-16-11-20(18(24)25,19(16,3)4)22-17(23)14-10-12(2)21-15-9-7-6-8-13(14)15/h6-10,16H,5,11H2,1-4H3,(H,22,23)(H,24,25). The third-order valence-electron chi connectivity index (χ3n) is 5.55. The number of nitrogens with one attached hydrogen (secondary N) is 1. The van der Waals surface area contributed by atoms with Crippen molar-refractivity contribution in [2.75, 3.05) is 6.61 Å². The Morgan fingerprint density at radius 1 is 1.35 bits per heavy atom. The van der Waals surface area contributed by atoms with Gasteiger partial charge >= 0.3 is 5.97 Å². The van der Waals surface area contributed by atoms with Gasteiger partial charge < -0.3 is 15.2 Å². The fourth-order valence-corrected chi connectivity index (χ4v) is 3.79. The first-order valence-electron chi connectivity index (χ1n) is 8.77. The van der Waals surface area contributed by atoms with Crippen molar-refractivity contribution in [3.05, 3.63) is 41.6 Å². The number of carbonyl (C=O) groups excluding carboxylic acids is 1. The molecule has 2 unspecified atom stereocenters. The Balaban J connectivity index is 1.98. The molecule has 1 amide bonds. The van der Waals surface area contributed by atoms with E-state index in [0.717, 1.165) is 0 Å². The number of hydrogen-bond donors (Lipinski definition) is 2. The van der Waals surface area contributed by atoms with E-state index in [9.17, 15) is 14.7 Å². The summed E-state index contributed by atoms with van der Waals surface area (Å²) in [6, 6.07) is 9.04. The normalized spacial score (nSPS) is 24.1. The SMILES string of the molecule is CCOC1CC(NC(=O)c2cc(C)nc3ccccc23)(C(=O)O)C1(C)C. The molecule has 2 N–H and O–H groups in total. The number of para-hydroxylation sites is 1. The molecule has 0 spiro atoms. The van der Waals surface area contributed by atoms with E-state index in [0.29, 0.717) is 28.8 Å². The maximum absolute atomic E-state index is 13.0. The number of carboxylic acids is 1. The number of pyridine rings is 1. The van der Waals surface area contributed by atoms with Crippen molar-refractivity contribution in [3.8, 4) is 0 Å². The molecule has 6 nitrogen and oxygen atoms in total. The number of ether oxygens (including phenoxy) is 1. The number of fused-ring (bicyclic) bond motifs is 1. The van der Waals surface area contributed by atoms with E-state index in [1.807, 2.05) is 52.0 Å². The highest BCUT2D eigenvalue weighted by Gasteiger charge is 2.66. The molecule has 6 heteroatoms. The van der Waals surface area contributed by atoms with Crippen LogP contribution in [0.5, 0.6) is 0 Å². The van der Waals surface area contributed by atoms with Crippen LogP contribution in [0.25, 0.3) is 10.9 Å². The Kier molecular flexibility index (Phi) is 4.48. The first kappa shape index (κ1) is 18.3. The third-order valence-corrected chi connectivity index (χ3v) is 5.55.